The molecule has 0 radical (unpaired) electrons. The van der Waals surface area contributed by atoms with Crippen molar-refractivity contribution < 1.29 is 0 Å². The number of anilines is 2. The predicted molar refractivity (Wildman–Crippen MR) is 70.1 cm³/mol. The monoisotopic (exact) mass is 246 g/mol. The first kappa shape index (κ1) is 10.5. The van der Waals surface area contributed by atoms with Gasteiger partial charge in [0.2, 0.25) is 0 Å². The SMILES string of the molecule is Nc1cnc(N2CCCC2c2cccnc2)s1. The smallest absolute Gasteiger partial charge is 0.187 e. The van der Waals surface area contributed by atoms with Gasteiger partial charge in [-0.05, 0) is 24.5 Å². The number of aromatic nitrogens is 2. The minimum atomic E-state index is 0.397. The molecule has 0 aromatic carbocycles. The average molecular weight is 246 g/mol. The quantitative estimate of drug-likeness (QED) is 0.884. The van der Waals surface area contributed by atoms with Crippen LogP contribution in [0.1, 0.15) is 24.4 Å². The largest absolute Gasteiger partial charge is 0.389 e. The zero-order valence-electron chi connectivity index (χ0n) is 9.41. The number of nitrogens with two attached hydrogens (primary N) is 1. The summed E-state index contributed by atoms with van der Waals surface area (Å²) in [4.78, 5) is 10.9. The van der Waals surface area contributed by atoms with Gasteiger partial charge in [0.25, 0.3) is 0 Å². The van der Waals surface area contributed by atoms with Gasteiger partial charge in [-0.15, -0.1) is 0 Å². The van der Waals surface area contributed by atoms with Crippen molar-refractivity contribution in [1.82, 2.24) is 9.97 Å². The number of pyridine rings is 1. The number of rotatable bonds is 2. The van der Waals surface area contributed by atoms with Crippen molar-refractivity contribution in [2.24, 2.45) is 0 Å². The van der Waals surface area contributed by atoms with Gasteiger partial charge in [-0.3, -0.25) is 4.98 Å². The first-order chi connectivity index (χ1) is 8.34. The van der Waals surface area contributed by atoms with Crippen LogP contribution >= 0.6 is 11.3 Å². The van der Waals surface area contributed by atoms with Crippen LogP contribution in [0.4, 0.5) is 10.1 Å². The molecule has 1 atom stereocenters. The lowest BCUT2D eigenvalue weighted by Crippen LogP contribution is -2.22. The van der Waals surface area contributed by atoms with Crippen molar-refractivity contribution in [2.45, 2.75) is 18.9 Å². The van der Waals surface area contributed by atoms with Crippen molar-refractivity contribution in [3.8, 4) is 0 Å². The summed E-state index contributed by atoms with van der Waals surface area (Å²) >= 11 is 1.56. The first-order valence-corrected chi connectivity index (χ1v) is 6.54. The normalized spacial score (nSPS) is 19.8. The van der Waals surface area contributed by atoms with E-state index in [9.17, 15) is 0 Å². The first-order valence-electron chi connectivity index (χ1n) is 5.72. The van der Waals surface area contributed by atoms with Crippen LogP contribution in [0.5, 0.6) is 0 Å². The average Bonchev–Trinajstić information content (AvgIpc) is 2.98. The second-order valence-electron chi connectivity index (χ2n) is 4.18. The van der Waals surface area contributed by atoms with E-state index >= 15 is 0 Å². The number of hydrogen-bond acceptors (Lipinski definition) is 5. The topological polar surface area (TPSA) is 55.0 Å². The van der Waals surface area contributed by atoms with Crippen molar-refractivity contribution in [3.63, 3.8) is 0 Å². The molecule has 88 valence electrons. The number of hydrogen-bond donors (Lipinski definition) is 1. The molecular formula is C12H14N4S. The third kappa shape index (κ3) is 1.98. The second-order valence-corrected chi connectivity index (χ2v) is 5.22. The Bertz CT molecular complexity index is 496. The highest BCUT2D eigenvalue weighted by atomic mass is 32.1. The Kier molecular flexibility index (Phi) is 2.68. The third-order valence-electron chi connectivity index (χ3n) is 3.08. The molecule has 1 aliphatic rings. The summed E-state index contributed by atoms with van der Waals surface area (Å²) in [5.74, 6) is 0. The van der Waals surface area contributed by atoms with E-state index in [0.717, 1.165) is 23.1 Å². The zero-order chi connectivity index (χ0) is 11.7. The lowest BCUT2D eigenvalue weighted by atomic mass is 10.1. The van der Waals surface area contributed by atoms with Crippen LogP contribution in [0.15, 0.2) is 30.7 Å². The highest BCUT2D eigenvalue weighted by Gasteiger charge is 2.28. The molecule has 1 aliphatic heterocycles. The molecule has 2 N–H and O–H groups in total. The molecule has 0 spiro atoms. The zero-order valence-corrected chi connectivity index (χ0v) is 10.2. The fourth-order valence-electron chi connectivity index (χ4n) is 2.33. The van der Waals surface area contributed by atoms with Gasteiger partial charge >= 0.3 is 0 Å². The standard InChI is InChI=1S/C12H14N4S/c13-11-8-15-12(17-11)16-6-2-4-10(16)9-3-1-5-14-7-9/h1,3,5,7-8,10H,2,4,6,13H2. The van der Waals surface area contributed by atoms with Gasteiger partial charge in [-0.25, -0.2) is 4.98 Å². The Morgan fingerprint density at radius 1 is 1.41 bits per heavy atom. The lowest BCUT2D eigenvalue weighted by Gasteiger charge is -2.23. The summed E-state index contributed by atoms with van der Waals surface area (Å²) in [5.41, 5.74) is 7.01. The molecule has 2 aromatic rings. The van der Waals surface area contributed by atoms with E-state index in [1.54, 1.807) is 17.5 Å². The van der Waals surface area contributed by atoms with E-state index in [1.807, 2.05) is 18.5 Å². The van der Waals surface area contributed by atoms with Crippen molar-refractivity contribution in [3.05, 3.63) is 36.3 Å². The number of thiazole rings is 1. The van der Waals surface area contributed by atoms with Gasteiger partial charge in [0.15, 0.2) is 5.13 Å². The summed E-state index contributed by atoms with van der Waals surface area (Å²) in [6, 6.07) is 4.52. The highest BCUT2D eigenvalue weighted by Crippen LogP contribution is 2.38. The molecule has 1 unspecified atom stereocenters. The fraction of sp³-hybridized carbons (Fsp3) is 0.333. The van der Waals surface area contributed by atoms with E-state index in [1.165, 1.54) is 12.0 Å². The second kappa shape index (κ2) is 4.33. The molecule has 17 heavy (non-hydrogen) atoms. The van der Waals surface area contributed by atoms with Crippen LogP contribution in [-0.4, -0.2) is 16.5 Å². The molecule has 1 saturated heterocycles. The summed E-state index contributed by atoms with van der Waals surface area (Å²) in [7, 11) is 0. The Balaban J connectivity index is 1.90. The molecule has 5 heteroatoms. The van der Waals surface area contributed by atoms with Crippen LogP contribution in [0.2, 0.25) is 0 Å². The number of nitrogens with zero attached hydrogens (tertiary/aromatic N) is 3. The Morgan fingerprint density at radius 2 is 2.35 bits per heavy atom. The predicted octanol–water partition coefficient (Wildman–Crippen LogP) is 2.46. The maximum absolute atomic E-state index is 5.75. The van der Waals surface area contributed by atoms with E-state index in [4.69, 9.17) is 5.73 Å². The minimum absolute atomic E-state index is 0.397. The summed E-state index contributed by atoms with van der Waals surface area (Å²) in [6.45, 7) is 1.05. The van der Waals surface area contributed by atoms with Gasteiger partial charge in [0.1, 0.15) is 5.00 Å². The van der Waals surface area contributed by atoms with Gasteiger partial charge < -0.3 is 10.6 Å². The third-order valence-corrected chi connectivity index (χ3v) is 3.94. The Hall–Kier alpha value is -1.62. The molecular weight excluding hydrogens is 232 g/mol. The van der Waals surface area contributed by atoms with Gasteiger partial charge in [-0.2, -0.15) is 0 Å². The molecule has 0 amide bonds. The van der Waals surface area contributed by atoms with Crippen molar-refractivity contribution >= 4 is 21.5 Å². The van der Waals surface area contributed by atoms with Crippen LogP contribution in [0.3, 0.4) is 0 Å². The van der Waals surface area contributed by atoms with E-state index < -0.39 is 0 Å². The van der Waals surface area contributed by atoms with E-state index in [2.05, 4.69) is 20.9 Å². The van der Waals surface area contributed by atoms with Gasteiger partial charge in [0, 0.05) is 18.9 Å². The van der Waals surface area contributed by atoms with Crippen molar-refractivity contribution in [2.75, 3.05) is 17.2 Å². The molecule has 3 rings (SSSR count). The maximum atomic E-state index is 5.75. The summed E-state index contributed by atoms with van der Waals surface area (Å²) in [6.07, 6.45) is 7.84. The van der Waals surface area contributed by atoms with Crippen LogP contribution in [0, 0.1) is 0 Å². The Labute approximate surface area is 104 Å². The van der Waals surface area contributed by atoms with Crippen LogP contribution < -0.4 is 10.6 Å². The maximum Gasteiger partial charge on any atom is 0.187 e. The summed E-state index contributed by atoms with van der Waals surface area (Å²) in [5, 5.41) is 1.80. The molecule has 0 aliphatic carbocycles. The minimum Gasteiger partial charge on any atom is -0.389 e. The van der Waals surface area contributed by atoms with Gasteiger partial charge in [-0.1, -0.05) is 17.4 Å². The molecule has 2 aromatic heterocycles. The van der Waals surface area contributed by atoms with E-state index in [-0.39, 0.29) is 0 Å². The molecule has 4 nitrogen and oxygen atoms in total. The van der Waals surface area contributed by atoms with Crippen molar-refractivity contribution in [1.29, 1.82) is 0 Å². The molecule has 1 fully saturated rings. The van der Waals surface area contributed by atoms with Gasteiger partial charge in [0.05, 0.1) is 12.2 Å². The van der Waals surface area contributed by atoms with Crippen LogP contribution in [-0.2, 0) is 0 Å². The molecule has 0 saturated carbocycles. The fourth-order valence-corrected chi connectivity index (χ4v) is 3.08. The number of nitrogen functional groups attached to an aromatic ring is 1. The highest BCUT2D eigenvalue weighted by molar-refractivity contribution is 7.19. The van der Waals surface area contributed by atoms with Crippen LogP contribution in [0.25, 0.3) is 0 Å². The molecule has 0 bridgehead atoms. The van der Waals surface area contributed by atoms with E-state index in [0.29, 0.717) is 6.04 Å². The lowest BCUT2D eigenvalue weighted by molar-refractivity contribution is 0.713. The summed E-state index contributed by atoms with van der Waals surface area (Å²) < 4.78 is 0. The Morgan fingerprint density at radius 3 is 3.06 bits per heavy atom. The molecule has 3 heterocycles.